The van der Waals surface area contributed by atoms with Crippen LogP contribution in [0.1, 0.15) is 5.56 Å². The molecule has 0 saturated carbocycles. The molecular formula is C17H14N2. The van der Waals surface area contributed by atoms with Crippen LogP contribution >= 0.6 is 0 Å². The Labute approximate surface area is 112 Å². The third kappa shape index (κ3) is 2.52. The van der Waals surface area contributed by atoms with Crippen molar-refractivity contribution in [1.29, 1.82) is 0 Å². The Bertz CT molecular complexity index is 690. The first-order chi connectivity index (χ1) is 9.33. The lowest BCUT2D eigenvalue weighted by Gasteiger charge is -2.05. The molecule has 2 heterocycles. The van der Waals surface area contributed by atoms with Crippen LogP contribution in [-0.4, -0.2) is 9.97 Å². The Morgan fingerprint density at radius 3 is 2.32 bits per heavy atom. The lowest BCUT2D eigenvalue weighted by Crippen LogP contribution is -1.87. The van der Waals surface area contributed by atoms with Crippen LogP contribution in [0.15, 0.2) is 67.0 Å². The lowest BCUT2D eigenvalue weighted by atomic mass is 10.0. The highest BCUT2D eigenvalue weighted by atomic mass is 14.8. The number of aromatic nitrogens is 2. The third-order valence-electron chi connectivity index (χ3n) is 3.04. The number of benzene rings is 1. The molecule has 0 unspecified atom stereocenters. The number of aryl methyl sites for hydroxylation is 1. The Morgan fingerprint density at radius 1 is 0.684 bits per heavy atom. The van der Waals surface area contributed by atoms with Gasteiger partial charge in [-0.15, -0.1) is 0 Å². The van der Waals surface area contributed by atoms with Gasteiger partial charge in [0.25, 0.3) is 0 Å². The molecule has 92 valence electrons. The molecular weight excluding hydrogens is 232 g/mol. The van der Waals surface area contributed by atoms with Crippen LogP contribution in [0.3, 0.4) is 0 Å². The van der Waals surface area contributed by atoms with Crippen molar-refractivity contribution in [3.05, 3.63) is 72.6 Å². The first-order valence-electron chi connectivity index (χ1n) is 6.27. The van der Waals surface area contributed by atoms with Crippen LogP contribution in [0.4, 0.5) is 0 Å². The normalized spacial score (nSPS) is 10.4. The van der Waals surface area contributed by atoms with Gasteiger partial charge in [-0.05, 0) is 42.3 Å². The molecule has 0 amide bonds. The summed E-state index contributed by atoms with van der Waals surface area (Å²) in [6.07, 6.45) is 3.62. The Balaban J connectivity index is 2.06. The molecule has 0 aliphatic carbocycles. The summed E-state index contributed by atoms with van der Waals surface area (Å²) in [6, 6.07) is 18.4. The number of hydrogen-bond acceptors (Lipinski definition) is 2. The van der Waals surface area contributed by atoms with Gasteiger partial charge in [0.05, 0.1) is 11.4 Å². The molecule has 2 heteroatoms. The quantitative estimate of drug-likeness (QED) is 0.679. The Kier molecular flexibility index (Phi) is 3.07. The van der Waals surface area contributed by atoms with E-state index >= 15 is 0 Å². The van der Waals surface area contributed by atoms with E-state index in [-0.39, 0.29) is 0 Å². The van der Waals surface area contributed by atoms with Crippen molar-refractivity contribution in [3.63, 3.8) is 0 Å². The highest BCUT2D eigenvalue weighted by Crippen LogP contribution is 2.23. The molecule has 19 heavy (non-hydrogen) atoms. The molecule has 3 rings (SSSR count). The standard InChI is InChI=1S/C17H14N2/c1-13-5-4-6-14(11-13)15-8-10-19-17(12-15)16-7-2-3-9-18-16/h2-12H,1H3. The van der Waals surface area contributed by atoms with Gasteiger partial charge in [-0.25, -0.2) is 0 Å². The van der Waals surface area contributed by atoms with Crippen molar-refractivity contribution in [3.8, 4) is 22.5 Å². The van der Waals surface area contributed by atoms with Crippen LogP contribution in [-0.2, 0) is 0 Å². The fraction of sp³-hybridized carbons (Fsp3) is 0.0588. The van der Waals surface area contributed by atoms with Crippen molar-refractivity contribution in [1.82, 2.24) is 9.97 Å². The summed E-state index contributed by atoms with van der Waals surface area (Å²) in [5, 5.41) is 0. The maximum atomic E-state index is 4.40. The van der Waals surface area contributed by atoms with E-state index in [1.54, 1.807) is 6.20 Å². The summed E-state index contributed by atoms with van der Waals surface area (Å²) in [5.74, 6) is 0. The molecule has 0 radical (unpaired) electrons. The topological polar surface area (TPSA) is 25.8 Å². The average molecular weight is 246 g/mol. The predicted octanol–water partition coefficient (Wildman–Crippen LogP) is 4.12. The SMILES string of the molecule is Cc1cccc(-c2ccnc(-c3ccccn3)c2)c1. The maximum Gasteiger partial charge on any atom is 0.0892 e. The van der Waals surface area contributed by atoms with E-state index in [4.69, 9.17) is 0 Å². The molecule has 3 aromatic rings. The summed E-state index contributed by atoms with van der Waals surface area (Å²) in [7, 11) is 0. The van der Waals surface area contributed by atoms with E-state index in [0.717, 1.165) is 11.4 Å². The number of rotatable bonds is 2. The van der Waals surface area contributed by atoms with Crippen LogP contribution in [0.25, 0.3) is 22.5 Å². The summed E-state index contributed by atoms with van der Waals surface area (Å²) >= 11 is 0. The second-order valence-electron chi connectivity index (χ2n) is 4.51. The summed E-state index contributed by atoms with van der Waals surface area (Å²) < 4.78 is 0. The number of hydrogen-bond donors (Lipinski definition) is 0. The van der Waals surface area contributed by atoms with E-state index in [1.165, 1.54) is 16.7 Å². The van der Waals surface area contributed by atoms with E-state index in [1.807, 2.05) is 30.5 Å². The highest BCUT2D eigenvalue weighted by Gasteiger charge is 2.03. The van der Waals surface area contributed by atoms with Gasteiger partial charge in [-0.2, -0.15) is 0 Å². The van der Waals surface area contributed by atoms with E-state index in [0.29, 0.717) is 0 Å². The van der Waals surface area contributed by atoms with Gasteiger partial charge < -0.3 is 0 Å². The Hall–Kier alpha value is -2.48. The Morgan fingerprint density at radius 2 is 1.53 bits per heavy atom. The molecule has 0 N–H and O–H groups in total. The van der Waals surface area contributed by atoms with Crippen LogP contribution < -0.4 is 0 Å². The minimum Gasteiger partial charge on any atom is -0.255 e. The second kappa shape index (κ2) is 5.02. The van der Waals surface area contributed by atoms with Gasteiger partial charge in [-0.3, -0.25) is 9.97 Å². The first kappa shape index (κ1) is 11.6. The molecule has 0 spiro atoms. The zero-order chi connectivity index (χ0) is 13.1. The minimum absolute atomic E-state index is 0.900. The highest BCUT2D eigenvalue weighted by molar-refractivity contribution is 5.69. The first-order valence-corrected chi connectivity index (χ1v) is 6.27. The zero-order valence-electron chi connectivity index (χ0n) is 10.7. The molecule has 2 nitrogen and oxygen atoms in total. The third-order valence-corrected chi connectivity index (χ3v) is 3.04. The summed E-state index contributed by atoms with van der Waals surface area (Å²) in [6.45, 7) is 2.10. The van der Waals surface area contributed by atoms with E-state index < -0.39 is 0 Å². The molecule has 0 aliphatic heterocycles. The lowest BCUT2D eigenvalue weighted by molar-refractivity contribution is 1.25. The molecule has 1 aromatic carbocycles. The van der Waals surface area contributed by atoms with Crippen LogP contribution in [0, 0.1) is 6.92 Å². The van der Waals surface area contributed by atoms with Crippen molar-refractivity contribution in [2.24, 2.45) is 0 Å². The number of nitrogens with zero attached hydrogens (tertiary/aromatic N) is 2. The molecule has 0 bridgehead atoms. The van der Waals surface area contributed by atoms with Crippen LogP contribution in [0.2, 0.25) is 0 Å². The van der Waals surface area contributed by atoms with Gasteiger partial charge in [0.1, 0.15) is 0 Å². The smallest absolute Gasteiger partial charge is 0.0892 e. The van der Waals surface area contributed by atoms with Gasteiger partial charge >= 0.3 is 0 Å². The molecule has 0 fully saturated rings. The maximum absolute atomic E-state index is 4.40. The van der Waals surface area contributed by atoms with Crippen molar-refractivity contribution >= 4 is 0 Å². The van der Waals surface area contributed by atoms with Crippen molar-refractivity contribution in [2.45, 2.75) is 6.92 Å². The number of pyridine rings is 2. The van der Waals surface area contributed by atoms with Gasteiger partial charge in [0.15, 0.2) is 0 Å². The van der Waals surface area contributed by atoms with E-state index in [9.17, 15) is 0 Å². The predicted molar refractivity (Wildman–Crippen MR) is 77.6 cm³/mol. The fourth-order valence-corrected chi connectivity index (χ4v) is 2.09. The molecule has 0 aliphatic rings. The monoisotopic (exact) mass is 246 g/mol. The second-order valence-corrected chi connectivity index (χ2v) is 4.51. The molecule has 0 atom stereocenters. The average Bonchev–Trinajstić information content (AvgIpc) is 2.48. The largest absolute Gasteiger partial charge is 0.255 e. The summed E-state index contributed by atoms with van der Waals surface area (Å²) in [5.41, 5.74) is 5.43. The molecule has 0 saturated heterocycles. The minimum atomic E-state index is 0.900. The van der Waals surface area contributed by atoms with Gasteiger partial charge in [-0.1, -0.05) is 35.9 Å². The zero-order valence-corrected chi connectivity index (χ0v) is 10.7. The van der Waals surface area contributed by atoms with Crippen molar-refractivity contribution < 1.29 is 0 Å². The molecule has 2 aromatic heterocycles. The van der Waals surface area contributed by atoms with E-state index in [2.05, 4.69) is 47.2 Å². The summed E-state index contributed by atoms with van der Waals surface area (Å²) in [4.78, 5) is 8.73. The van der Waals surface area contributed by atoms with Gasteiger partial charge in [0, 0.05) is 12.4 Å². The van der Waals surface area contributed by atoms with Crippen LogP contribution in [0.5, 0.6) is 0 Å². The van der Waals surface area contributed by atoms with Crippen molar-refractivity contribution in [2.75, 3.05) is 0 Å². The van der Waals surface area contributed by atoms with Gasteiger partial charge in [0.2, 0.25) is 0 Å². The fourth-order valence-electron chi connectivity index (χ4n) is 2.09.